The minimum Gasteiger partial charge on any atom is -0.255 e. The lowest BCUT2D eigenvalue weighted by Crippen LogP contribution is -1.99. The molecule has 1 aliphatic carbocycles. The van der Waals surface area contributed by atoms with Crippen LogP contribution in [0, 0.1) is 0 Å². The lowest BCUT2D eigenvalue weighted by Gasteiger charge is -2.18. The van der Waals surface area contributed by atoms with Gasteiger partial charge in [0.25, 0.3) is 0 Å². The molecule has 0 spiro atoms. The standard InChI is InChI=1S/C20H16OS/c1-22(21)20-17-12-6-4-10-15(17)19(14-8-2-3-9-14)16-11-5-7-13-18(16)20/h2-14H,1H3. The van der Waals surface area contributed by atoms with Gasteiger partial charge in [-0.15, -0.1) is 0 Å². The highest BCUT2D eigenvalue weighted by molar-refractivity contribution is 7.84. The van der Waals surface area contributed by atoms with E-state index in [0.717, 1.165) is 15.7 Å². The fourth-order valence-corrected chi connectivity index (χ4v) is 4.39. The Morgan fingerprint density at radius 1 is 0.773 bits per heavy atom. The van der Waals surface area contributed by atoms with Crippen molar-refractivity contribution in [3.63, 3.8) is 0 Å². The molecule has 108 valence electrons. The third-order valence-electron chi connectivity index (χ3n) is 4.29. The Balaban J connectivity index is 2.26. The van der Waals surface area contributed by atoms with Crippen LogP contribution in [0.1, 0.15) is 11.5 Å². The number of benzene rings is 3. The Bertz CT molecular complexity index is 897. The third-order valence-corrected chi connectivity index (χ3v) is 5.31. The maximum Gasteiger partial charge on any atom is 0.0542 e. The van der Waals surface area contributed by atoms with Crippen molar-refractivity contribution in [3.05, 3.63) is 78.4 Å². The fraction of sp³-hybridized carbons (Fsp3) is 0.100. The summed E-state index contributed by atoms with van der Waals surface area (Å²) in [6, 6.07) is 16.6. The molecule has 0 saturated carbocycles. The van der Waals surface area contributed by atoms with Crippen LogP contribution in [-0.4, -0.2) is 10.5 Å². The van der Waals surface area contributed by atoms with Gasteiger partial charge in [-0.3, -0.25) is 4.21 Å². The van der Waals surface area contributed by atoms with E-state index in [1.807, 2.05) is 12.1 Å². The van der Waals surface area contributed by atoms with Crippen LogP contribution in [0.3, 0.4) is 0 Å². The van der Waals surface area contributed by atoms with Gasteiger partial charge in [-0.2, -0.15) is 0 Å². The summed E-state index contributed by atoms with van der Waals surface area (Å²) in [6.07, 6.45) is 10.4. The predicted octanol–water partition coefficient (Wildman–Crippen LogP) is 4.94. The molecule has 4 rings (SSSR count). The van der Waals surface area contributed by atoms with Gasteiger partial charge >= 0.3 is 0 Å². The van der Waals surface area contributed by atoms with Crippen LogP contribution in [0.4, 0.5) is 0 Å². The first-order chi connectivity index (χ1) is 10.8. The highest BCUT2D eigenvalue weighted by atomic mass is 32.2. The molecule has 1 aliphatic rings. The lowest BCUT2D eigenvalue weighted by molar-refractivity contribution is 0.688. The van der Waals surface area contributed by atoms with E-state index < -0.39 is 10.8 Å². The lowest BCUT2D eigenvalue weighted by atomic mass is 9.89. The average Bonchev–Trinajstić information content (AvgIpc) is 3.05. The first kappa shape index (κ1) is 13.5. The molecule has 22 heavy (non-hydrogen) atoms. The minimum atomic E-state index is -1.02. The van der Waals surface area contributed by atoms with E-state index in [-0.39, 0.29) is 5.92 Å². The summed E-state index contributed by atoms with van der Waals surface area (Å²) < 4.78 is 12.4. The predicted molar refractivity (Wildman–Crippen MR) is 94.8 cm³/mol. The van der Waals surface area contributed by atoms with Crippen molar-refractivity contribution < 1.29 is 4.21 Å². The maximum atomic E-state index is 12.4. The van der Waals surface area contributed by atoms with Crippen molar-refractivity contribution in [2.45, 2.75) is 10.8 Å². The highest BCUT2D eigenvalue weighted by Gasteiger charge is 2.19. The zero-order valence-corrected chi connectivity index (χ0v) is 13.1. The van der Waals surface area contributed by atoms with Gasteiger partial charge in [-0.05, 0) is 27.1 Å². The second kappa shape index (κ2) is 5.22. The summed E-state index contributed by atoms with van der Waals surface area (Å²) in [7, 11) is -1.02. The van der Waals surface area contributed by atoms with Crippen molar-refractivity contribution >= 4 is 32.3 Å². The summed E-state index contributed by atoms with van der Waals surface area (Å²) >= 11 is 0. The molecule has 3 aromatic rings. The summed E-state index contributed by atoms with van der Waals surface area (Å²) in [6.45, 7) is 0. The van der Waals surface area contributed by atoms with Gasteiger partial charge < -0.3 is 0 Å². The molecule has 0 saturated heterocycles. The van der Waals surface area contributed by atoms with Gasteiger partial charge in [0.1, 0.15) is 0 Å². The monoisotopic (exact) mass is 304 g/mol. The molecule has 0 bridgehead atoms. The van der Waals surface area contributed by atoms with Crippen molar-refractivity contribution in [2.75, 3.05) is 6.26 Å². The van der Waals surface area contributed by atoms with Crippen LogP contribution in [0.5, 0.6) is 0 Å². The third kappa shape index (κ3) is 1.95. The van der Waals surface area contributed by atoms with Crippen LogP contribution in [0.15, 0.2) is 77.7 Å². The Morgan fingerprint density at radius 3 is 1.68 bits per heavy atom. The van der Waals surface area contributed by atoms with Gasteiger partial charge in [0.05, 0.1) is 15.7 Å². The molecule has 0 heterocycles. The van der Waals surface area contributed by atoms with Crippen molar-refractivity contribution in [1.82, 2.24) is 0 Å². The van der Waals surface area contributed by atoms with Crippen LogP contribution >= 0.6 is 0 Å². The molecule has 0 amide bonds. The number of hydrogen-bond donors (Lipinski definition) is 0. The number of hydrogen-bond acceptors (Lipinski definition) is 1. The first-order valence-electron chi connectivity index (χ1n) is 7.39. The Morgan fingerprint density at radius 2 is 1.23 bits per heavy atom. The first-order valence-corrected chi connectivity index (χ1v) is 8.95. The normalized spacial score (nSPS) is 15.9. The number of allylic oxidation sites excluding steroid dienone is 4. The van der Waals surface area contributed by atoms with Crippen molar-refractivity contribution in [1.29, 1.82) is 0 Å². The molecule has 0 N–H and O–H groups in total. The molecular weight excluding hydrogens is 288 g/mol. The van der Waals surface area contributed by atoms with Crippen LogP contribution in [-0.2, 0) is 10.8 Å². The molecule has 0 aliphatic heterocycles. The molecule has 0 fully saturated rings. The van der Waals surface area contributed by atoms with E-state index in [0.29, 0.717) is 0 Å². The van der Waals surface area contributed by atoms with E-state index in [4.69, 9.17) is 0 Å². The van der Waals surface area contributed by atoms with Gasteiger partial charge in [0.15, 0.2) is 0 Å². The van der Waals surface area contributed by atoms with E-state index in [9.17, 15) is 4.21 Å². The Labute approximate surface area is 132 Å². The fourth-order valence-electron chi connectivity index (χ4n) is 3.42. The summed E-state index contributed by atoms with van der Waals surface area (Å²) in [5, 5.41) is 4.61. The van der Waals surface area contributed by atoms with Gasteiger partial charge in [0, 0.05) is 12.2 Å². The minimum absolute atomic E-state index is 0.286. The van der Waals surface area contributed by atoms with E-state index >= 15 is 0 Å². The largest absolute Gasteiger partial charge is 0.255 e. The molecule has 1 atom stereocenters. The van der Waals surface area contributed by atoms with E-state index in [2.05, 4.69) is 60.7 Å². The van der Waals surface area contributed by atoms with Crippen molar-refractivity contribution in [2.24, 2.45) is 0 Å². The van der Waals surface area contributed by atoms with E-state index in [1.165, 1.54) is 16.3 Å². The number of fused-ring (bicyclic) bond motifs is 2. The maximum absolute atomic E-state index is 12.4. The molecular formula is C20H16OS. The molecule has 1 unspecified atom stereocenters. The number of rotatable bonds is 2. The quantitative estimate of drug-likeness (QED) is 0.613. The highest BCUT2D eigenvalue weighted by Crippen LogP contribution is 2.40. The summed E-state index contributed by atoms with van der Waals surface area (Å²) in [5.74, 6) is 0.286. The zero-order valence-electron chi connectivity index (χ0n) is 12.3. The van der Waals surface area contributed by atoms with Crippen LogP contribution in [0.2, 0.25) is 0 Å². The van der Waals surface area contributed by atoms with Gasteiger partial charge in [0.2, 0.25) is 0 Å². The van der Waals surface area contributed by atoms with Crippen LogP contribution in [0.25, 0.3) is 21.5 Å². The molecule has 2 heteroatoms. The smallest absolute Gasteiger partial charge is 0.0542 e. The molecule has 1 nitrogen and oxygen atoms in total. The second-order valence-electron chi connectivity index (χ2n) is 5.58. The topological polar surface area (TPSA) is 17.1 Å². The summed E-state index contributed by atoms with van der Waals surface area (Å²) in [4.78, 5) is 0.945. The average molecular weight is 304 g/mol. The summed E-state index contributed by atoms with van der Waals surface area (Å²) in [5.41, 5.74) is 1.31. The Hall–Kier alpha value is -2.19. The van der Waals surface area contributed by atoms with Gasteiger partial charge in [-0.1, -0.05) is 72.8 Å². The molecule has 0 radical (unpaired) electrons. The molecule has 0 aromatic heterocycles. The SMILES string of the molecule is CS(=O)c1c2ccccc2c(C2C=CC=C2)c2ccccc12. The second-order valence-corrected chi connectivity index (χ2v) is 6.90. The van der Waals surface area contributed by atoms with Crippen molar-refractivity contribution in [3.8, 4) is 0 Å². The van der Waals surface area contributed by atoms with Gasteiger partial charge in [-0.25, -0.2) is 0 Å². The Kier molecular flexibility index (Phi) is 3.20. The van der Waals surface area contributed by atoms with E-state index in [1.54, 1.807) is 6.26 Å². The zero-order chi connectivity index (χ0) is 15.1. The van der Waals surface area contributed by atoms with Crippen LogP contribution < -0.4 is 0 Å². The molecule has 3 aromatic carbocycles.